The van der Waals surface area contributed by atoms with E-state index in [0.717, 1.165) is 6.82 Å². The first-order valence-electron chi connectivity index (χ1n) is 7.89. The summed E-state index contributed by atoms with van der Waals surface area (Å²) in [7, 11) is 0. The molecular weight excluding hydrogens is 443 g/mol. The maximum Gasteiger partial charge on any atom is 0.416 e. The molecule has 0 saturated carbocycles. The van der Waals surface area contributed by atoms with Crippen LogP contribution in [0.2, 0.25) is 6.82 Å². The lowest BCUT2D eigenvalue weighted by Gasteiger charge is -2.19. The van der Waals surface area contributed by atoms with E-state index >= 15 is 0 Å². The maximum atomic E-state index is 13.0. The highest BCUT2D eigenvalue weighted by atomic mass is 19.4. The Balaban J connectivity index is 2.72. The molecule has 0 saturated heterocycles. The van der Waals surface area contributed by atoms with Crippen molar-refractivity contribution in [3.05, 3.63) is 58.7 Å². The number of rotatable bonds is 2. The molecule has 13 heteroatoms. The molecule has 0 unspecified atom stereocenters. The lowest BCUT2D eigenvalue weighted by atomic mass is 9.42. The fourth-order valence-corrected chi connectivity index (χ4v) is 2.65. The van der Waals surface area contributed by atoms with Crippen molar-refractivity contribution < 1.29 is 52.7 Å². The normalized spacial score (nSPS) is 13.5. The summed E-state index contributed by atoms with van der Waals surface area (Å²) in [4.78, 5) is 0. The summed E-state index contributed by atoms with van der Waals surface area (Å²) in [6.07, 6.45) is -20.9. The van der Waals surface area contributed by atoms with E-state index in [2.05, 4.69) is 0 Å². The van der Waals surface area contributed by atoms with Gasteiger partial charge >= 0.3 is 24.7 Å². The first-order valence-corrected chi connectivity index (χ1v) is 7.89. The van der Waals surface area contributed by atoms with E-state index in [1.54, 1.807) is 0 Å². The largest absolute Gasteiger partial charge is 0.416 e. The van der Waals surface area contributed by atoms with E-state index < -0.39 is 64.6 Å². The van der Waals surface area contributed by atoms with Gasteiger partial charge in [0.25, 0.3) is 0 Å². The molecule has 0 radical (unpaired) electrons. The standard InChI is InChI=1S/C17H9BF12/c1-18(12-4-8(14(19,20)21)2-9(5-12)15(22,23)24)13-6-10(16(25,26)27)3-11(7-13)17(28,29)30/h2-7H,1H3. The van der Waals surface area contributed by atoms with Crippen molar-refractivity contribution in [2.75, 3.05) is 0 Å². The lowest BCUT2D eigenvalue weighted by molar-refractivity contribution is -0.144. The van der Waals surface area contributed by atoms with E-state index in [9.17, 15) is 52.7 Å². The first kappa shape index (κ1) is 23.9. The molecule has 0 atom stereocenters. The Bertz CT molecular complexity index is 778. The molecule has 0 heterocycles. The zero-order valence-corrected chi connectivity index (χ0v) is 14.6. The Morgan fingerprint density at radius 2 is 0.633 bits per heavy atom. The minimum Gasteiger partial charge on any atom is -0.166 e. The van der Waals surface area contributed by atoms with Gasteiger partial charge in [0.2, 0.25) is 6.71 Å². The molecule has 0 nitrogen and oxygen atoms in total. The molecule has 2 aromatic rings. The van der Waals surface area contributed by atoms with Crippen LogP contribution in [0.15, 0.2) is 36.4 Å². The number of benzene rings is 2. The zero-order valence-electron chi connectivity index (χ0n) is 14.6. The number of alkyl halides is 12. The topological polar surface area (TPSA) is 0 Å². The fraction of sp³-hybridized carbons (Fsp3) is 0.294. The molecule has 0 spiro atoms. The molecule has 30 heavy (non-hydrogen) atoms. The number of hydrogen-bond donors (Lipinski definition) is 0. The molecule has 0 aromatic heterocycles. The Hall–Kier alpha value is -2.34. The third kappa shape index (κ3) is 5.42. The van der Waals surface area contributed by atoms with Crippen LogP contribution in [0.3, 0.4) is 0 Å². The third-order valence-corrected chi connectivity index (χ3v) is 4.22. The van der Waals surface area contributed by atoms with Gasteiger partial charge in [-0.05, 0) is 12.1 Å². The second kappa shape index (κ2) is 7.42. The van der Waals surface area contributed by atoms with Gasteiger partial charge in [-0.1, -0.05) is 42.0 Å². The van der Waals surface area contributed by atoms with E-state index in [4.69, 9.17) is 0 Å². The summed E-state index contributed by atoms with van der Waals surface area (Å²) in [6, 6.07) is 0.648. The molecule has 0 aliphatic rings. The summed E-state index contributed by atoms with van der Waals surface area (Å²) >= 11 is 0. The van der Waals surface area contributed by atoms with Crippen LogP contribution in [0, 0.1) is 0 Å². The van der Waals surface area contributed by atoms with Crippen molar-refractivity contribution in [3.63, 3.8) is 0 Å². The van der Waals surface area contributed by atoms with Crippen LogP contribution in [-0.2, 0) is 24.7 Å². The molecule has 0 fully saturated rings. The number of halogens is 12. The second-order valence-electron chi connectivity index (χ2n) is 6.40. The van der Waals surface area contributed by atoms with Crippen molar-refractivity contribution >= 4 is 17.6 Å². The van der Waals surface area contributed by atoms with Gasteiger partial charge in [0.05, 0.1) is 22.3 Å². The van der Waals surface area contributed by atoms with Gasteiger partial charge in [-0.25, -0.2) is 0 Å². The van der Waals surface area contributed by atoms with Gasteiger partial charge in [-0.3, -0.25) is 0 Å². The van der Waals surface area contributed by atoms with Gasteiger partial charge in [0.15, 0.2) is 0 Å². The van der Waals surface area contributed by atoms with Crippen LogP contribution in [0.25, 0.3) is 0 Å². The summed E-state index contributed by atoms with van der Waals surface area (Å²) in [5.41, 5.74) is -8.43. The smallest absolute Gasteiger partial charge is 0.166 e. The van der Waals surface area contributed by atoms with Gasteiger partial charge in [0.1, 0.15) is 0 Å². The number of hydrogen-bond acceptors (Lipinski definition) is 0. The highest BCUT2D eigenvalue weighted by molar-refractivity contribution is 6.84. The Morgan fingerprint density at radius 1 is 0.433 bits per heavy atom. The van der Waals surface area contributed by atoms with Gasteiger partial charge in [0, 0.05) is 0 Å². The summed E-state index contributed by atoms with van der Waals surface area (Å²) in [6.45, 7) is -0.734. The molecule has 2 aromatic carbocycles. The molecule has 0 aliphatic heterocycles. The third-order valence-electron chi connectivity index (χ3n) is 4.22. The summed E-state index contributed by atoms with van der Waals surface area (Å²) in [5.74, 6) is 0. The lowest BCUT2D eigenvalue weighted by Crippen LogP contribution is -2.41. The zero-order chi connectivity index (χ0) is 23.3. The van der Waals surface area contributed by atoms with Crippen molar-refractivity contribution in [1.82, 2.24) is 0 Å². The van der Waals surface area contributed by atoms with E-state index in [1.165, 1.54) is 0 Å². The van der Waals surface area contributed by atoms with Crippen molar-refractivity contribution in [3.8, 4) is 0 Å². The molecule has 0 N–H and O–H groups in total. The SMILES string of the molecule is CB(c1cc(C(F)(F)F)cc(C(F)(F)F)c1)c1cc(C(F)(F)F)cc(C(F)(F)F)c1. The highest BCUT2D eigenvalue weighted by Crippen LogP contribution is 2.36. The van der Waals surface area contributed by atoms with Crippen LogP contribution < -0.4 is 10.9 Å². The highest BCUT2D eigenvalue weighted by Gasteiger charge is 2.40. The minimum absolute atomic E-state index is 0.191. The van der Waals surface area contributed by atoms with Crippen LogP contribution in [0.5, 0.6) is 0 Å². The van der Waals surface area contributed by atoms with Crippen LogP contribution in [0.4, 0.5) is 52.7 Å². The minimum atomic E-state index is -5.22. The summed E-state index contributed by atoms with van der Waals surface area (Å²) < 4.78 is 156. The average Bonchev–Trinajstić information content (AvgIpc) is 2.57. The van der Waals surface area contributed by atoms with E-state index in [0.29, 0.717) is 0 Å². The summed E-state index contributed by atoms with van der Waals surface area (Å²) in [5, 5.41) is 0. The predicted molar refractivity (Wildman–Crippen MR) is 83.8 cm³/mol. The van der Waals surface area contributed by atoms with Crippen molar-refractivity contribution in [2.45, 2.75) is 31.5 Å². The predicted octanol–water partition coefficient (Wildman–Crippen LogP) is 6.00. The quantitative estimate of drug-likeness (QED) is 0.388. The van der Waals surface area contributed by atoms with Crippen LogP contribution >= 0.6 is 0 Å². The maximum absolute atomic E-state index is 13.0. The van der Waals surface area contributed by atoms with Gasteiger partial charge in [-0.15, -0.1) is 0 Å². The van der Waals surface area contributed by atoms with Crippen LogP contribution in [-0.4, -0.2) is 6.71 Å². The molecule has 0 bridgehead atoms. The Kier molecular flexibility index (Phi) is 5.92. The van der Waals surface area contributed by atoms with E-state index in [-0.39, 0.29) is 36.4 Å². The second-order valence-corrected chi connectivity index (χ2v) is 6.40. The molecule has 2 rings (SSSR count). The molecule has 0 amide bonds. The fourth-order valence-electron chi connectivity index (χ4n) is 2.65. The first-order chi connectivity index (χ1) is 13.3. The van der Waals surface area contributed by atoms with Crippen molar-refractivity contribution in [2.24, 2.45) is 0 Å². The monoisotopic (exact) mass is 452 g/mol. The average molecular weight is 452 g/mol. The Labute approximate surface area is 161 Å². The van der Waals surface area contributed by atoms with E-state index in [1.807, 2.05) is 0 Å². The van der Waals surface area contributed by atoms with Gasteiger partial charge in [-0.2, -0.15) is 52.7 Å². The Morgan fingerprint density at radius 3 is 0.800 bits per heavy atom. The molecule has 0 aliphatic carbocycles. The van der Waals surface area contributed by atoms with Gasteiger partial charge < -0.3 is 0 Å². The molecular formula is C17H9BF12. The molecule has 164 valence electrons. The van der Waals surface area contributed by atoms with Crippen molar-refractivity contribution in [1.29, 1.82) is 0 Å². The van der Waals surface area contributed by atoms with Crippen LogP contribution in [0.1, 0.15) is 22.3 Å².